The Bertz CT molecular complexity index is 1030. The summed E-state index contributed by atoms with van der Waals surface area (Å²) in [5.41, 5.74) is -0.325. The van der Waals surface area contributed by atoms with Crippen LogP contribution in [0.4, 0.5) is 10.1 Å². The summed E-state index contributed by atoms with van der Waals surface area (Å²) in [4.78, 5) is 14.1. The lowest BCUT2D eigenvalue weighted by molar-refractivity contribution is -0.383. The third-order valence-electron chi connectivity index (χ3n) is 3.25. The van der Waals surface area contributed by atoms with Crippen molar-refractivity contribution in [1.82, 2.24) is 4.98 Å². The number of hydrogen-bond donors (Lipinski definition) is 0. The summed E-state index contributed by atoms with van der Waals surface area (Å²) in [5.74, 6) is -0.696. The van der Waals surface area contributed by atoms with Crippen molar-refractivity contribution in [2.24, 2.45) is 0 Å². The number of aromatic nitrogens is 1. The Morgan fingerprint density at radius 3 is 2.48 bits per heavy atom. The van der Waals surface area contributed by atoms with Crippen LogP contribution in [0.25, 0.3) is 10.9 Å². The van der Waals surface area contributed by atoms with Gasteiger partial charge in [-0.2, -0.15) is 0 Å². The number of hydrogen-bond acceptors (Lipinski definition) is 5. The van der Waals surface area contributed by atoms with Crippen LogP contribution in [0.3, 0.4) is 0 Å². The number of sulfone groups is 1. The quantitative estimate of drug-likeness (QED) is 0.543. The maximum Gasteiger partial charge on any atom is 0.295 e. The largest absolute Gasteiger partial charge is 0.295 e. The van der Waals surface area contributed by atoms with Gasteiger partial charge in [-0.15, -0.1) is 0 Å². The minimum Gasteiger partial charge on any atom is -0.258 e. The average molecular weight is 332 g/mol. The van der Waals surface area contributed by atoms with Crippen molar-refractivity contribution in [3.05, 3.63) is 70.5 Å². The molecule has 0 saturated carbocycles. The van der Waals surface area contributed by atoms with Gasteiger partial charge in [0, 0.05) is 11.5 Å². The van der Waals surface area contributed by atoms with E-state index in [1.165, 1.54) is 36.4 Å². The first-order chi connectivity index (χ1) is 10.9. The van der Waals surface area contributed by atoms with E-state index in [-0.39, 0.29) is 21.1 Å². The van der Waals surface area contributed by atoms with Crippen LogP contribution in [0.2, 0.25) is 0 Å². The highest BCUT2D eigenvalue weighted by Gasteiger charge is 2.22. The van der Waals surface area contributed by atoms with Gasteiger partial charge in [0.05, 0.1) is 9.82 Å². The Labute approximate surface area is 130 Å². The number of non-ortho nitro benzene ring substituents is 1. The summed E-state index contributed by atoms with van der Waals surface area (Å²) in [6.45, 7) is 0. The standard InChI is InChI=1S/C15H9FN2O4S/c16-11-4-2-5-12(9-11)23(21,22)14-8-7-10-3-1-6-13(18(19)20)15(10)17-14/h1-9H. The number of rotatable bonds is 3. The number of nitro benzene ring substituents is 1. The fourth-order valence-electron chi connectivity index (χ4n) is 2.17. The third-order valence-corrected chi connectivity index (χ3v) is 4.90. The van der Waals surface area contributed by atoms with E-state index < -0.39 is 20.6 Å². The van der Waals surface area contributed by atoms with Crippen LogP contribution in [0.15, 0.2) is 64.5 Å². The number of para-hydroxylation sites is 1. The molecule has 0 saturated heterocycles. The maximum absolute atomic E-state index is 13.3. The molecule has 0 spiro atoms. The summed E-state index contributed by atoms with van der Waals surface area (Å²) in [6.07, 6.45) is 0. The SMILES string of the molecule is O=[N+]([O-])c1cccc2ccc(S(=O)(=O)c3cccc(F)c3)nc12. The van der Waals surface area contributed by atoms with Gasteiger partial charge in [0.1, 0.15) is 11.3 Å². The molecule has 1 heterocycles. The molecule has 0 radical (unpaired) electrons. The van der Waals surface area contributed by atoms with Crippen LogP contribution in [-0.2, 0) is 9.84 Å². The molecule has 0 aliphatic rings. The van der Waals surface area contributed by atoms with E-state index in [4.69, 9.17) is 0 Å². The van der Waals surface area contributed by atoms with Crippen LogP contribution < -0.4 is 0 Å². The van der Waals surface area contributed by atoms with E-state index >= 15 is 0 Å². The molecular weight excluding hydrogens is 323 g/mol. The molecule has 0 unspecified atom stereocenters. The van der Waals surface area contributed by atoms with Crippen molar-refractivity contribution in [1.29, 1.82) is 0 Å². The van der Waals surface area contributed by atoms with Crippen molar-refractivity contribution >= 4 is 26.4 Å². The monoisotopic (exact) mass is 332 g/mol. The van der Waals surface area contributed by atoms with E-state index in [9.17, 15) is 22.9 Å². The highest BCUT2D eigenvalue weighted by Crippen LogP contribution is 2.27. The summed E-state index contributed by atoms with van der Waals surface area (Å²) in [5, 5.41) is 11.1. The van der Waals surface area contributed by atoms with Crippen molar-refractivity contribution in [2.45, 2.75) is 9.92 Å². The van der Waals surface area contributed by atoms with Crippen molar-refractivity contribution < 1.29 is 17.7 Å². The van der Waals surface area contributed by atoms with Crippen molar-refractivity contribution in [2.75, 3.05) is 0 Å². The minimum absolute atomic E-state index is 0.0324. The number of halogens is 1. The molecule has 8 heteroatoms. The molecule has 116 valence electrons. The maximum atomic E-state index is 13.3. The van der Waals surface area contributed by atoms with Crippen LogP contribution >= 0.6 is 0 Å². The van der Waals surface area contributed by atoms with Gasteiger partial charge < -0.3 is 0 Å². The summed E-state index contributed by atoms with van der Waals surface area (Å²) >= 11 is 0. The van der Waals surface area contributed by atoms with Gasteiger partial charge in [0.15, 0.2) is 5.03 Å². The molecule has 3 aromatic rings. The Balaban J connectivity index is 2.24. The molecule has 6 nitrogen and oxygen atoms in total. The van der Waals surface area contributed by atoms with Gasteiger partial charge in [-0.1, -0.05) is 18.2 Å². The Morgan fingerprint density at radius 1 is 1.04 bits per heavy atom. The second kappa shape index (κ2) is 5.40. The number of fused-ring (bicyclic) bond motifs is 1. The zero-order valence-corrected chi connectivity index (χ0v) is 12.3. The molecule has 1 aromatic heterocycles. The van der Waals surface area contributed by atoms with E-state index in [0.29, 0.717) is 5.39 Å². The van der Waals surface area contributed by atoms with Crippen LogP contribution in [0, 0.1) is 15.9 Å². The highest BCUT2D eigenvalue weighted by molar-refractivity contribution is 7.91. The molecular formula is C15H9FN2O4S. The molecule has 0 aliphatic carbocycles. The first-order valence-electron chi connectivity index (χ1n) is 6.44. The Morgan fingerprint density at radius 2 is 1.78 bits per heavy atom. The summed E-state index contributed by atoms with van der Waals surface area (Å²) < 4.78 is 38.3. The fraction of sp³-hybridized carbons (Fsp3) is 0. The molecule has 0 fully saturated rings. The zero-order chi connectivity index (χ0) is 16.6. The first-order valence-corrected chi connectivity index (χ1v) is 7.93. The Hall–Kier alpha value is -2.87. The molecule has 0 bridgehead atoms. The topological polar surface area (TPSA) is 90.2 Å². The lowest BCUT2D eigenvalue weighted by atomic mass is 10.2. The molecule has 0 atom stereocenters. The van der Waals surface area contributed by atoms with Crippen molar-refractivity contribution in [3.63, 3.8) is 0 Å². The number of pyridine rings is 1. The molecule has 0 aliphatic heterocycles. The van der Waals surface area contributed by atoms with Crippen LogP contribution in [-0.4, -0.2) is 18.3 Å². The van der Waals surface area contributed by atoms with Crippen LogP contribution in [0.1, 0.15) is 0 Å². The fourth-order valence-corrected chi connectivity index (χ4v) is 3.39. The van der Waals surface area contributed by atoms with Gasteiger partial charge in [0.25, 0.3) is 5.69 Å². The second-order valence-electron chi connectivity index (χ2n) is 4.72. The number of nitro groups is 1. The van der Waals surface area contributed by atoms with Gasteiger partial charge in [-0.3, -0.25) is 10.1 Å². The van der Waals surface area contributed by atoms with Gasteiger partial charge >= 0.3 is 0 Å². The first kappa shape index (κ1) is 15.0. The second-order valence-corrected chi connectivity index (χ2v) is 6.61. The van der Waals surface area contributed by atoms with Crippen LogP contribution in [0.5, 0.6) is 0 Å². The predicted octanol–water partition coefficient (Wildman–Crippen LogP) is 3.11. The van der Waals surface area contributed by atoms with Crippen molar-refractivity contribution in [3.8, 4) is 0 Å². The smallest absolute Gasteiger partial charge is 0.258 e. The highest BCUT2D eigenvalue weighted by atomic mass is 32.2. The number of nitrogens with zero attached hydrogens (tertiary/aromatic N) is 2. The lowest BCUT2D eigenvalue weighted by Crippen LogP contribution is -2.05. The van der Waals surface area contributed by atoms with E-state index in [1.54, 1.807) is 6.07 Å². The summed E-state index contributed by atoms with van der Waals surface area (Å²) in [6, 6.07) is 11.5. The molecule has 0 amide bonds. The zero-order valence-electron chi connectivity index (χ0n) is 11.5. The molecule has 2 aromatic carbocycles. The van der Waals surface area contributed by atoms with E-state index in [1.807, 2.05) is 0 Å². The molecule has 0 N–H and O–H groups in total. The van der Waals surface area contributed by atoms with Gasteiger partial charge in [-0.05, 0) is 30.3 Å². The van der Waals surface area contributed by atoms with E-state index in [2.05, 4.69) is 4.98 Å². The predicted molar refractivity (Wildman–Crippen MR) is 80.2 cm³/mol. The normalized spacial score (nSPS) is 11.5. The summed E-state index contributed by atoms with van der Waals surface area (Å²) in [7, 11) is -4.07. The molecule has 23 heavy (non-hydrogen) atoms. The molecule has 3 rings (SSSR count). The number of benzene rings is 2. The third kappa shape index (κ3) is 2.64. The lowest BCUT2D eigenvalue weighted by Gasteiger charge is -2.05. The Kier molecular flexibility index (Phi) is 3.53. The van der Waals surface area contributed by atoms with Gasteiger partial charge in [-0.25, -0.2) is 17.8 Å². The van der Waals surface area contributed by atoms with Gasteiger partial charge in [0.2, 0.25) is 9.84 Å². The average Bonchev–Trinajstić information content (AvgIpc) is 2.53. The van der Waals surface area contributed by atoms with E-state index in [0.717, 1.165) is 12.1 Å². The minimum atomic E-state index is -4.07.